The molecule has 0 saturated heterocycles. The fourth-order valence-electron chi connectivity index (χ4n) is 2.09. The third-order valence-electron chi connectivity index (χ3n) is 3.02. The molecule has 0 aromatic carbocycles. The van der Waals surface area contributed by atoms with Crippen LogP contribution in [0.5, 0.6) is 0 Å². The molecule has 1 aromatic heterocycles. The number of hydrogen-bond acceptors (Lipinski definition) is 3. The number of nitrogens with zero attached hydrogens (tertiary/aromatic N) is 1. The van der Waals surface area contributed by atoms with Crippen LogP contribution in [-0.4, -0.2) is 26.0 Å². The van der Waals surface area contributed by atoms with E-state index < -0.39 is 0 Å². The van der Waals surface area contributed by atoms with Gasteiger partial charge in [-0.05, 0) is 31.6 Å². The van der Waals surface area contributed by atoms with E-state index in [-0.39, 0.29) is 17.5 Å². The zero-order valence-corrected chi connectivity index (χ0v) is 8.40. The van der Waals surface area contributed by atoms with Crippen molar-refractivity contribution in [3.8, 4) is 0 Å². The summed E-state index contributed by atoms with van der Waals surface area (Å²) in [6.07, 6.45) is 3.07. The van der Waals surface area contributed by atoms with Gasteiger partial charge in [0.25, 0.3) is 0 Å². The van der Waals surface area contributed by atoms with E-state index in [0.717, 1.165) is 25.7 Å². The van der Waals surface area contributed by atoms with E-state index in [2.05, 4.69) is 10.2 Å². The minimum Gasteiger partial charge on any atom is -0.393 e. The van der Waals surface area contributed by atoms with Crippen molar-refractivity contribution in [1.29, 1.82) is 0 Å². The number of aliphatic hydroxyl groups is 1. The van der Waals surface area contributed by atoms with Crippen LogP contribution in [-0.2, 0) is 6.54 Å². The molecule has 1 heterocycles. The third kappa shape index (κ3) is 2.20. The Balaban J connectivity index is 2.04. The van der Waals surface area contributed by atoms with E-state index in [1.54, 1.807) is 0 Å². The SMILES string of the molecule is O=c1[nH][nH]c(=O)n1CC1CCC(O)CC1. The first-order valence-electron chi connectivity index (χ1n) is 5.22. The smallest absolute Gasteiger partial charge is 0.344 e. The Bertz CT molecular complexity index is 395. The summed E-state index contributed by atoms with van der Waals surface area (Å²) in [5, 5.41) is 13.8. The van der Waals surface area contributed by atoms with Gasteiger partial charge in [-0.1, -0.05) is 0 Å². The van der Waals surface area contributed by atoms with Gasteiger partial charge in [-0.3, -0.25) is 0 Å². The van der Waals surface area contributed by atoms with Crippen LogP contribution in [0.3, 0.4) is 0 Å². The van der Waals surface area contributed by atoms with Gasteiger partial charge in [0.1, 0.15) is 0 Å². The number of aromatic nitrogens is 3. The second-order valence-corrected chi connectivity index (χ2v) is 4.15. The van der Waals surface area contributed by atoms with Crippen LogP contribution < -0.4 is 11.4 Å². The fraction of sp³-hybridized carbons (Fsp3) is 0.778. The molecule has 6 heteroatoms. The molecule has 1 aliphatic rings. The van der Waals surface area contributed by atoms with Crippen LogP contribution in [0.25, 0.3) is 0 Å². The molecule has 1 saturated carbocycles. The topological polar surface area (TPSA) is 90.9 Å². The summed E-state index contributed by atoms with van der Waals surface area (Å²) in [5.41, 5.74) is -0.766. The average molecular weight is 213 g/mol. The quantitative estimate of drug-likeness (QED) is 0.613. The van der Waals surface area contributed by atoms with Crippen molar-refractivity contribution in [3.63, 3.8) is 0 Å². The van der Waals surface area contributed by atoms with E-state index in [9.17, 15) is 14.7 Å². The van der Waals surface area contributed by atoms with Gasteiger partial charge in [-0.2, -0.15) is 0 Å². The summed E-state index contributed by atoms with van der Waals surface area (Å²) in [7, 11) is 0. The maximum atomic E-state index is 11.2. The first-order valence-corrected chi connectivity index (χ1v) is 5.22. The Morgan fingerprint density at radius 2 is 1.67 bits per heavy atom. The molecule has 2 rings (SSSR count). The van der Waals surface area contributed by atoms with Gasteiger partial charge in [-0.15, -0.1) is 0 Å². The second kappa shape index (κ2) is 4.06. The van der Waals surface area contributed by atoms with Crippen LogP contribution >= 0.6 is 0 Å². The number of nitrogens with one attached hydrogen (secondary N) is 2. The lowest BCUT2D eigenvalue weighted by Crippen LogP contribution is -2.32. The molecule has 1 fully saturated rings. The maximum absolute atomic E-state index is 11.2. The summed E-state index contributed by atoms with van der Waals surface area (Å²) in [6.45, 7) is 0.449. The summed E-state index contributed by atoms with van der Waals surface area (Å²) < 4.78 is 1.18. The molecule has 3 N–H and O–H groups in total. The van der Waals surface area contributed by atoms with E-state index in [1.165, 1.54) is 4.57 Å². The zero-order chi connectivity index (χ0) is 10.8. The highest BCUT2D eigenvalue weighted by molar-refractivity contribution is 4.74. The lowest BCUT2D eigenvalue weighted by Gasteiger charge is -2.24. The Kier molecular flexibility index (Phi) is 2.77. The van der Waals surface area contributed by atoms with Gasteiger partial charge >= 0.3 is 11.4 Å². The Labute approximate surface area is 85.9 Å². The summed E-state index contributed by atoms with van der Waals surface area (Å²) in [5.74, 6) is 0.322. The summed E-state index contributed by atoms with van der Waals surface area (Å²) >= 11 is 0. The van der Waals surface area contributed by atoms with Crippen molar-refractivity contribution in [1.82, 2.24) is 14.8 Å². The van der Waals surface area contributed by atoms with E-state index in [0.29, 0.717) is 12.5 Å². The van der Waals surface area contributed by atoms with Crippen molar-refractivity contribution in [2.24, 2.45) is 5.92 Å². The van der Waals surface area contributed by atoms with Crippen LogP contribution in [0.2, 0.25) is 0 Å². The molecule has 1 aromatic rings. The number of rotatable bonds is 2. The highest BCUT2D eigenvalue weighted by Crippen LogP contribution is 2.24. The first-order chi connectivity index (χ1) is 7.16. The third-order valence-corrected chi connectivity index (χ3v) is 3.02. The van der Waals surface area contributed by atoms with Crippen LogP contribution in [0.4, 0.5) is 0 Å². The molecule has 6 nitrogen and oxygen atoms in total. The second-order valence-electron chi connectivity index (χ2n) is 4.15. The van der Waals surface area contributed by atoms with E-state index >= 15 is 0 Å². The van der Waals surface area contributed by atoms with Gasteiger partial charge in [-0.25, -0.2) is 24.4 Å². The van der Waals surface area contributed by atoms with Gasteiger partial charge < -0.3 is 5.11 Å². The molecular weight excluding hydrogens is 198 g/mol. The zero-order valence-electron chi connectivity index (χ0n) is 8.40. The lowest BCUT2D eigenvalue weighted by atomic mass is 9.87. The van der Waals surface area contributed by atoms with Crippen molar-refractivity contribution < 1.29 is 5.11 Å². The number of hydrogen-bond donors (Lipinski definition) is 3. The highest BCUT2D eigenvalue weighted by Gasteiger charge is 2.20. The van der Waals surface area contributed by atoms with Gasteiger partial charge in [0.05, 0.1) is 6.10 Å². The average Bonchev–Trinajstić information content (AvgIpc) is 2.53. The Hall–Kier alpha value is -1.30. The van der Waals surface area contributed by atoms with Crippen molar-refractivity contribution >= 4 is 0 Å². The fourth-order valence-corrected chi connectivity index (χ4v) is 2.09. The predicted molar refractivity (Wildman–Crippen MR) is 53.6 cm³/mol. The number of aliphatic hydroxyl groups excluding tert-OH is 1. The largest absolute Gasteiger partial charge is 0.393 e. The predicted octanol–water partition coefficient (Wildman–Crippen LogP) is -0.584. The molecule has 1 aliphatic carbocycles. The van der Waals surface area contributed by atoms with Gasteiger partial charge in [0.2, 0.25) is 0 Å². The number of aromatic amines is 2. The molecule has 0 aliphatic heterocycles. The Morgan fingerprint density at radius 3 is 2.20 bits per heavy atom. The normalized spacial score (nSPS) is 26.7. The maximum Gasteiger partial charge on any atom is 0.344 e. The monoisotopic (exact) mass is 213 g/mol. The van der Waals surface area contributed by atoms with Crippen molar-refractivity contribution in [3.05, 3.63) is 21.0 Å². The first kappa shape index (κ1) is 10.2. The molecule has 0 spiro atoms. The van der Waals surface area contributed by atoms with Crippen LogP contribution in [0.15, 0.2) is 9.59 Å². The Morgan fingerprint density at radius 1 is 1.13 bits per heavy atom. The molecule has 15 heavy (non-hydrogen) atoms. The van der Waals surface area contributed by atoms with Gasteiger partial charge in [0.15, 0.2) is 0 Å². The van der Waals surface area contributed by atoms with Crippen molar-refractivity contribution in [2.45, 2.75) is 38.3 Å². The molecular formula is C9H15N3O3. The molecule has 0 radical (unpaired) electrons. The van der Waals surface area contributed by atoms with Crippen molar-refractivity contribution in [2.75, 3.05) is 0 Å². The van der Waals surface area contributed by atoms with Gasteiger partial charge in [0, 0.05) is 6.54 Å². The summed E-state index contributed by atoms with van der Waals surface area (Å²) in [4.78, 5) is 22.4. The van der Waals surface area contributed by atoms with E-state index in [4.69, 9.17) is 0 Å². The minimum absolute atomic E-state index is 0.206. The molecule has 0 bridgehead atoms. The van der Waals surface area contributed by atoms with Crippen LogP contribution in [0, 0.1) is 5.92 Å². The molecule has 0 atom stereocenters. The highest BCUT2D eigenvalue weighted by atomic mass is 16.3. The van der Waals surface area contributed by atoms with Crippen LogP contribution in [0.1, 0.15) is 25.7 Å². The molecule has 0 amide bonds. The molecule has 0 unspecified atom stereocenters. The lowest BCUT2D eigenvalue weighted by molar-refractivity contribution is 0.103. The molecule has 84 valence electrons. The standard InChI is InChI=1S/C9H15N3O3/c13-7-3-1-6(2-4-7)5-12-8(14)10-11-9(12)15/h6-7,13H,1-5H2,(H,10,14)(H,11,15). The number of H-pyrrole nitrogens is 2. The van der Waals surface area contributed by atoms with E-state index in [1.807, 2.05) is 0 Å². The minimum atomic E-state index is -0.383. The summed E-state index contributed by atoms with van der Waals surface area (Å²) in [6, 6.07) is 0.